The van der Waals surface area contributed by atoms with E-state index in [0.717, 1.165) is 18.7 Å². The van der Waals surface area contributed by atoms with Crippen molar-refractivity contribution in [1.29, 1.82) is 0 Å². The van der Waals surface area contributed by atoms with Crippen LogP contribution in [-0.4, -0.2) is 53.1 Å². The third-order valence-electron chi connectivity index (χ3n) is 4.42. The number of hydrogen-bond acceptors (Lipinski definition) is 6. The second kappa shape index (κ2) is 7.55. The minimum atomic E-state index is -0.433. The summed E-state index contributed by atoms with van der Waals surface area (Å²) in [5.41, 5.74) is 1.78. The van der Waals surface area contributed by atoms with Gasteiger partial charge in [-0.25, -0.2) is 14.8 Å². The lowest BCUT2D eigenvalue weighted by Gasteiger charge is -2.26. The van der Waals surface area contributed by atoms with Gasteiger partial charge in [0, 0.05) is 19.3 Å². The molecule has 1 aromatic carbocycles. The highest BCUT2D eigenvalue weighted by Gasteiger charge is 2.33. The number of aromatic nitrogens is 2. The van der Waals surface area contributed by atoms with Crippen LogP contribution in [0.25, 0.3) is 6.08 Å². The fourth-order valence-corrected chi connectivity index (χ4v) is 3.03. The van der Waals surface area contributed by atoms with Crippen LogP contribution in [0.4, 0.5) is 10.7 Å². The molecule has 8 nitrogen and oxygen atoms in total. The second-order valence-electron chi connectivity index (χ2n) is 6.24. The lowest BCUT2D eigenvalue weighted by molar-refractivity contribution is -0.116. The third kappa shape index (κ3) is 3.80. The number of morpholine rings is 1. The maximum atomic E-state index is 12.3. The molecular weight excluding hydrogens is 346 g/mol. The number of rotatable bonds is 4. The molecule has 2 saturated heterocycles. The highest BCUT2D eigenvalue weighted by atomic mass is 16.5. The van der Waals surface area contributed by atoms with Gasteiger partial charge in [0.15, 0.2) is 0 Å². The summed E-state index contributed by atoms with van der Waals surface area (Å²) in [4.78, 5) is 36.8. The van der Waals surface area contributed by atoms with Crippen molar-refractivity contribution in [2.45, 2.75) is 6.54 Å². The van der Waals surface area contributed by atoms with E-state index >= 15 is 0 Å². The van der Waals surface area contributed by atoms with Gasteiger partial charge in [-0.3, -0.25) is 15.0 Å². The number of carbonyl (C=O) groups excluding carboxylic acids is 2. The van der Waals surface area contributed by atoms with Gasteiger partial charge >= 0.3 is 6.03 Å². The van der Waals surface area contributed by atoms with Crippen LogP contribution >= 0.6 is 0 Å². The Balaban J connectivity index is 1.60. The molecule has 4 rings (SSSR count). The summed E-state index contributed by atoms with van der Waals surface area (Å²) < 4.78 is 5.35. The molecule has 2 fully saturated rings. The Morgan fingerprint density at radius 3 is 2.67 bits per heavy atom. The number of nitrogens with zero attached hydrogens (tertiary/aromatic N) is 4. The van der Waals surface area contributed by atoms with E-state index in [9.17, 15) is 9.59 Å². The molecule has 3 heterocycles. The topological polar surface area (TPSA) is 87.7 Å². The average molecular weight is 365 g/mol. The van der Waals surface area contributed by atoms with E-state index in [1.165, 1.54) is 4.90 Å². The molecule has 2 aliphatic heterocycles. The Morgan fingerprint density at radius 1 is 1.11 bits per heavy atom. The Bertz CT molecular complexity index is 878. The van der Waals surface area contributed by atoms with Crippen LogP contribution in [0, 0.1) is 0 Å². The average Bonchev–Trinajstić information content (AvgIpc) is 2.97. The van der Waals surface area contributed by atoms with Crippen LogP contribution in [0.1, 0.15) is 11.3 Å². The Kier molecular flexibility index (Phi) is 4.80. The fraction of sp³-hybridized carbons (Fsp3) is 0.263. The number of ether oxygens (including phenoxy) is 1. The first-order valence-electron chi connectivity index (χ1n) is 8.75. The SMILES string of the molecule is O=C1NC(=O)N(Cc2ccccc2)/C1=C\c1ccnc(N2CCOCC2)n1. The molecule has 0 bridgehead atoms. The molecule has 0 saturated carbocycles. The van der Waals surface area contributed by atoms with Gasteiger partial charge in [-0.2, -0.15) is 0 Å². The number of nitrogens with one attached hydrogen (secondary N) is 1. The molecule has 0 radical (unpaired) electrons. The van der Waals surface area contributed by atoms with Gasteiger partial charge in [-0.05, 0) is 17.7 Å². The quantitative estimate of drug-likeness (QED) is 0.651. The lowest BCUT2D eigenvalue weighted by Crippen LogP contribution is -2.37. The second-order valence-corrected chi connectivity index (χ2v) is 6.24. The van der Waals surface area contributed by atoms with Crippen LogP contribution in [0.5, 0.6) is 0 Å². The van der Waals surface area contributed by atoms with Gasteiger partial charge in [0.05, 0.1) is 25.5 Å². The minimum absolute atomic E-state index is 0.274. The van der Waals surface area contributed by atoms with Crippen molar-refractivity contribution in [2.75, 3.05) is 31.2 Å². The highest BCUT2D eigenvalue weighted by Crippen LogP contribution is 2.20. The molecule has 0 spiro atoms. The first kappa shape index (κ1) is 17.2. The van der Waals surface area contributed by atoms with Crippen LogP contribution < -0.4 is 10.2 Å². The first-order valence-corrected chi connectivity index (χ1v) is 8.75. The first-order chi connectivity index (χ1) is 13.2. The van der Waals surface area contributed by atoms with Crippen molar-refractivity contribution >= 4 is 24.0 Å². The molecule has 138 valence electrons. The van der Waals surface area contributed by atoms with Gasteiger partial charge in [0.25, 0.3) is 5.91 Å². The van der Waals surface area contributed by atoms with Crippen molar-refractivity contribution in [1.82, 2.24) is 20.2 Å². The molecule has 2 aromatic rings. The molecule has 8 heteroatoms. The zero-order valence-electron chi connectivity index (χ0n) is 14.7. The Morgan fingerprint density at radius 2 is 1.89 bits per heavy atom. The van der Waals surface area contributed by atoms with Gasteiger partial charge in [0.1, 0.15) is 5.70 Å². The van der Waals surface area contributed by atoms with E-state index < -0.39 is 11.9 Å². The van der Waals surface area contributed by atoms with Gasteiger partial charge in [-0.15, -0.1) is 0 Å². The predicted molar refractivity (Wildman–Crippen MR) is 98.6 cm³/mol. The maximum absolute atomic E-state index is 12.3. The fourth-order valence-electron chi connectivity index (χ4n) is 3.03. The van der Waals surface area contributed by atoms with Crippen molar-refractivity contribution in [2.24, 2.45) is 0 Å². The van der Waals surface area contributed by atoms with Crippen molar-refractivity contribution < 1.29 is 14.3 Å². The maximum Gasteiger partial charge on any atom is 0.329 e. The standard InChI is InChI=1S/C19H19N5O3/c25-17-16(24(19(26)22-17)13-14-4-2-1-3-5-14)12-15-6-7-20-18(21-15)23-8-10-27-11-9-23/h1-7,12H,8-11,13H2,(H,22,25,26)/b16-12-. The van der Waals surface area contributed by atoms with E-state index in [0.29, 0.717) is 31.4 Å². The smallest absolute Gasteiger partial charge is 0.329 e. The summed E-state index contributed by atoms with van der Waals surface area (Å²) in [7, 11) is 0. The monoisotopic (exact) mass is 365 g/mol. The number of amides is 3. The number of benzene rings is 1. The molecule has 0 unspecified atom stereocenters. The zero-order chi connectivity index (χ0) is 18.6. The molecule has 0 aliphatic carbocycles. The molecular formula is C19H19N5O3. The summed E-state index contributed by atoms with van der Waals surface area (Å²) in [6.45, 7) is 3.02. The molecule has 0 atom stereocenters. The van der Waals surface area contributed by atoms with Crippen LogP contribution in [0.3, 0.4) is 0 Å². The van der Waals surface area contributed by atoms with Gasteiger partial charge < -0.3 is 9.64 Å². The Labute approximate surface area is 156 Å². The van der Waals surface area contributed by atoms with E-state index in [1.807, 2.05) is 35.2 Å². The van der Waals surface area contributed by atoms with Crippen molar-refractivity contribution in [3.8, 4) is 0 Å². The summed E-state index contributed by atoms with van der Waals surface area (Å²) in [6.07, 6.45) is 3.27. The number of carbonyl (C=O) groups is 2. The third-order valence-corrected chi connectivity index (χ3v) is 4.42. The number of anilines is 1. The number of urea groups is 1. The molecule has 27 heavy (non-hydrogen) atoms. The lowest BCUT2D eigenvalue weighted by atomic mass is 10.2. The highest BCUT2D eigenvalue weighted by molar-refractivity contribution is 6.13. The minimum Gasteiger partial charge on any atom is -0.378 e. The molecule has 1 N–H and O–H groups in total. The molecule has 2 aliphatic rings. The van der Waals surface area contributed by atoms with E-state index in [-0.39, 0.29) is 5.70 Å². The van der Waals surface area contributed by atoms with Crippen molar-refractivity contribution in [3.63, 3.8) is 0 Å². The summed E-state index contributed by atoms with van der Waals surface area (Å²) in [5.74, 6) is 0.162. The van der Waals surface area contributed by atoms with Gasteiger partial charge in [-0.1, -0.05) is 30.3 Å². The molecule has 3 amide bonds. The van der Waals surface area contributed by atoms with Crippen LogP contribution in [0.15, 0.2) is 48.3 Å². The Hall–Kier alpha value is -3.26. The summed E-state index contributed by atoms with van der Waals surface area (Å²) in [6, 6.07) is 10.8. The predicted octanol–water partition coefficient (Wildman–Crippen LogP) is 1.41. The molecule has 1 aromatic heterocycles. The normalized spacial score (nSPS) is 18.9. The van der Waals surface area contributed by atoms with E-state index in [2.05, 4.69) is 15.3 Å². The van der Waals surface area contributed by atoms with Crippen LogP contribution in [0.2, 0.25) is 0 Å². The van der Waals surface area contributed by atoms with E-state index in [4.69, 9.17) is 4.74 Å². The van der Waals surface area contributed by atoms with Crippen LogP contribution in [-0.2, 0) is 16.1 Å². The van der Waals surface area contributed by atoms with Crippen molar-refractivity contribution in [3.05, 3.63) is 59.5 Å². The summed E-state index contributed by atoms with van der Waals surface area (Å²) in [5, 5.41) is 2.34. The largest absolute Gasteiger partial charge is 0.378 e. The van der Waals surface area contributed by atoms with Gasteiger partial charge in [0.2, 0.25) is 5.95 Å². The summed E-state index contributed by atoms with van der Waals surface area (Å²) >= 11 is 0. The zero-order valence-corrected chi connectivity index (χ0v) is 14.7. The number of hydrogen-bond donors (Lipinski definition) is 1. The number of imide groups is 1. The van der Waals surface area contributed by atoms with E-state index in [1.54, 1.807) is 18.3 Å².